The summed E-state index contributed by atoms with van der Waals surface area (Å²) in [4.78, 5) is 11.9. The number of nitrogens with two attached hydrogens (primary N) is 1. The topological polar surface area (TPSA) is 83.8 Å². The van der Waals surface area contributed by atoms with Gasteiger partial charge in [0.25, 0.3) is 5.91 Å². The Labute approximate surface area is 94.8 Å². The standard InChI is InChI=1S/C11H18N4O/c1-10(2)9(11(10,3)4)14-8(16)7-6(12)5-13-15-7/h5,9H,12H2,1-4H3,(H,13,15)(H,14,16). The van der Waals surface area contributed by atoms with E-state index < -0.39 is 0 Å². The summed E-state index contributed by atoms with van der Waals surface area (Å²) in [5.41, 5.74) is 6.59. The lowest BCUT2D eigenvalue weighted by atomic mass is 10.0. The highest BCUT2D eigenvalue weighted by molar-refractivity contribution is 5.97. The van der Waals surface area contributed by atoms with Crippen LogP contribution in [-0.4, -0.2) is 22.1 Å². The summed E-state index contributed by atoms with van der Waals surface area (Å²) in [7, 11) is 0. The minimum Gasteiger partial charge on any atom is -0.396 e. The van der Waals surface area contributed by atoms with Gasteiger partial charge in [0, 0.05) is 6.04 Å². The number of aromatic amines is 1. The highest BCUT2D eigenvalue weighted by atomic mass is 16.2. The Bertz CT molecular complexity index is 419. The lowest BCUT2D eigenvalue weighted by Crippen LogP contribution is -2.30. The zero-order chi connectivity index (χ0) is 12.1. The van der Waals surface area contributed by atoms with Gasteiger partial charge in [-0.25, -0.2) is 0 Å². The molecule has 0 spiro atoms. The minimum absolute atomic E-state index is 0.122. The fraction of sp³-hybridized carbons (Fsp3) is 0.636. The van der Waals surface area contributed by atoms with Crippen LogP contribution in [0.15, 0.2) is 6.20 Å². The van der Waals surface area contributed by atoms with Crippen LogP contribution in [0.3, 0.4) is 0 Å². The van der Waals surface area contributed by atoms with E-state index in [0.29, 0.717) is 11.4 Å². The third kappa shape index (κ3) is 1.31. The monoisotopic (exact) mass is 222 g/mol. The molecule has 0 atom stereocenters. The number of anilines is 1. The van der Waals surface area contributed by atoms with Gasteiger partial charge in [-0.3, -0.25) is 9.89 Å². The normalized spacial score (nSPS) is 21.8. The third-order valence-electron chi connectivity index (χ3n) is 4.19. The van der Waals surface area contributed by atoms with Gasteiger partial charge in [0.05, 0.1) is 11.9 Å². The van der Waals surface area contributed by atoms with Crippen LogP contribution in [0.1, 0.15) is 38.2 Å². The molecule has 88 valence electrons. The van der Waals surface area contributed by atoms with Gasteiger partial charge in [-0.1, -0.05) is 27.7 Å². The van der Waals surface area contributed by atoms with E-state index in [4.69, 9.17) is 5.73 Å². The Morgan fingerprint density at radius 1 is 1.44 bits per heavy atom. The van der Waals surface area contributed by atoms with Gasteiger partial charge in [0.15, 0.2) is 0 Å². The number of nitrogens with zero attached hydrogens (tertiary/aromatic N) is 1. The van der Waals surface area contributed by atoms with Crippen LogP contribution in [-0.2, 0) is 0 Å². The van der Waals surface area contributed by atoms with Crippen molar-refractivity contribution in [3.8, 4) is 0 Å². The molecular formula is C11H18N4O. The molecule has 2 rings (SSSR count). The molecule has 0 unspecified atom stereocenters. The predicted octanol–water partition coefficient (Wildman–Crippen LogP) is 1.16. The van der Waals surface area contributed by atoms with E-state index in [2.05, 4.69) is 43.2 Å². The van der Waals surface area contributed by atoms with Gasteiger partial charge in [0.1, 0.15) is 5.69 Å². The molecule has 1 fully saturated rings. The lowest BCUT2D eigenvalue weighted by Gasteiger charge is -2.05. The molecule has 0 radical (unpaired) electrons. The molecule has 5 heteroatoms. The molecule has 4 N–H and O–H groups in total. The van der Waals surface area contributed by atoms with Crippen molar-refractivity contribution in [3.63, 3.8) is 0 Å². The maximum atomic E-state index is 11.9. The summed E-state index contributed by atoms with van der Waals surface area (Å²) < 4.78 is 0. The summed E-state index contributed by atoms with van der Waals surface area (Å²) in [6.07, 6.45) is 1.44. The van der Waals surface area contributed by atoms with Crippen LogP contribution in [0.25, 0.3) is 0 Å². The second kappa shape index (κ2) is 2.99. The van der Waals surface area contributed by atoms with E-state index in [1.165, 1.54) is 6.20 Å². The molecular weight excluding hydrogens is 204 g/mol. The summed E-state index contributed by atoms with van der Waals surface area (Å²) in [5.74, 6) is -0.182. The first-order valence-corrected chi connectivity index (χ1v) is 5.38. The largest absolute Gasteiger partial charge is 0.396 e. The molecule has 0 bridgehead atoms. The summed E-state index contributed by atoms with van der Waals surface area (Å²) in [5, 5.41) is 9.33. The molecule has 1 aliphatic rings. The maximum Gasteiger partial charge on any atom is 0.271 e. The number of hydrogen-bond donors (Lipinski definition) is 3. The van der Waals surface area contributed by atoms with Crippen LogP contribution >= 0.6 is 0 Å². The Morgan fingerprint density at radius 3 is 2.38 bits per heavy atom. The Hall–Kier alpha value is -1.52. The number of nitrogens with one attached hydrogen (secondary N) is 2. The average molecular weight is 222 g/mol. The average Bonchev–Trinajstić information content (AvgIpc) is 2.57. The van der Waals surface area contributed by atoms with Gasteiger partial charge < -0.3 is 11.1 Å². The number of H-pyrrole nitrogens is 1. The molecule has 0 aromatic carbocycles. The van der Waals surface area contributed by atoms with Crippen molar-refractivity contribution in [2.75, 3.05) is 5.73 Å². The number of rotatable bonds is 2. The van der Waals surface area contributed by atoms with Gasteiger partial charge in [-0.05, 0) is 10.8 Å². The number of amides is 1. The minimum atomic E-state index is -0.182. The number of nitrogen functional groups attached to an aromatic ring is 1. The summed E-state index contributed by atoms with van der Waals surface area (Å²) >= 11 is 0. The van der Waals surface area contributed by atoms with Crippen LogP contribution in [0.2, 0.25) is 0 Å². The fourth-order valence-electron chi connectivity index (χ4n) is 2.24. The molecule has 1 aliphatic carbocycles. The Kier molecular flexibility index (Phi) is 2.05. The number of carbonyl (C=O) groups excluding carboxylic acids is 1. The second-order valence-corrected chi connectivity index (χ2v) is 5.55. The highest BCUT2D eigenvalue weighted by Crippen LogP contribution is 2.62. The van der Waals surface area contributed by atoms with Crippen molar-refractivity contribution in [1.29, 1.82) is 0 Å². The van der Waals surface area contributed by atoms with Crippen LogP contribution in [0.4, 0.5) is 5.69 Å². The zero-order valence-corrected chi connectivity index (χ0v) is 10.1. The van der Waals surface area contributed by atoms with Gasteiger partial charge in [-0.2, -0.15) is 5.10 Å². The molecule has 1 aromatic heterocycles. The van der Waals surface area contributed by atoms with Gasteiger partial charge in [-0.15, -0.1) is 0 Å². The molecule has 0 saturated heterocycles. The second-order valence-electron chi connectivity index (χ2n) is 5.55. The first-order valence-electron chi connectivity index (χ1n) is 5.38. The van der Waals surface area contributed by atoms with E-state index in [9.17, 15) is 4.79 Å². The first kappa shape index (κ1) is 11.0. The highest BCUT2D eigenvalue weighted by Gasteiger charge is 2.65. The molecule has 1 amide bonds. The van der Waals surface area contributed by atoms with Crippen molar-refractivity contribution in [2.45, 2.75) is 33.7 Å². The first-order chi connectivity index (χ1) is 7.28. The molecule has 5 nitrogen and oxygen atoms in total. The number of aromatic nitrogens is 2. The van der Waals surface area contributed by atoms with Gasteiger partial charge >= 0.3 is 0 Å². The smallest absolute Gasteiger partial charge is 0.271 e. The third-order valence-corrected chi connectivity index (χ3v) is 4.19. The van der Waals surface area contributed by atoms with E-state index >= 15 is 0 Å². The number of hydrogen-bond acceptors (Lipinski definition) is 3. The van der Waals surface area contributed by atoms with Crippen molar-refractivity contribution in [2.24, 2.45) is 10.8 Å². The summed E-state index contributed by atoms with van der Waals surface area (Å²) in [6.45, 7) is 8.59. The van der Waals surface area contributed by atoms with E-state index in [0.717, 1.165) is 0 Å². The van der Waals surface area contributed by atoms with Crippen molar-refractivity contribution >= 4 is 11.6 Å². The van der Waals surface area contributed by atoms with Crippen LogP contribution in [0.5, 0.6) is 0 Å². The Morgan fingerprint density at radius 2 is 2.00 bits per heavy atom. The maximum absolute atomic E-state index is 11.9. The Balaban J connectivity index is 2.09. The van der Waals surface area contributed by atoms with E-state index in [1.807, 2.05) is 0 Å². The zero-order valence-electron chi connectivity index (χ0n) is 10.1. The molecule has 16 heavy (non-hydrogen) atoms. The molecule has 1 saturated carbocycles. The quantitative estimate of drug-likeness (QED) is 0.702. The van der Waals surface area contributed by atoms with Crippen molar-refractivity contribution < 1.29 is 4.79 Å². The van der Waals surface area contributed by atoms with Crippen LogP contribution in [0, 0.1) is 10.8 Å². The predicted molar refractivity (Wildman–Crippen MR) is 61.8 cm³/mol. The summed E-state index contributed by atoms with van der Waals surface area (Å²) in [6, 6.07) is 0.176. The van der Waals surface area contributed by atoms with Crippen molar-refractivity contribution in [3.05, 3.63) is 11.9 Å². The molecule has 0 aliphatic heterocycles. The molecule has 1 heterocycles. The molecule has 1 aromatic rings. The van der Waals surface area contributed by atoms with E-state index in [-0.39, 0.29) is 22.8 Å². The van der Waals surface area contributed by atoms with Crippen LogP contribution < -0.4 is 11.1 Å². The van der Waals surface area contributed by atoms with Gasteiger partial charge in [0.2, 0.25) is 0 Å². The number of carbonyl (C=O) groups is 1. The van der Waals surface area contributed by atoms with Crippen molar-refractivity contribution in [1.82, 2.24) is 15.5 Å². The fourth-order valence-corrected chi connectivity index (χ4v) is 2.24. The SMILES string of the molecule is CC1(C)C(NC(=O)c2[nH]ncc2N)C1(C)C. The van der Waals surface area contributed by atoms with E-state index in [1.54, 1.807) is 0 Å². The lowest BCUT2D eigenvalue weighted by molar-refractivity contribution is 0.0939.